The first kappa shape index (κ1) is 26.1. The van der Waals surface area contributed by atoms with Crippen LogP contribution in [0.15, 0.2) is 53.4 Å². The molecule has 7 heteroatoms. The highest BCUT2D eigenvalue weighted by atomic mass is 32.2. The first-order valence-electron chi connectivity index (χ1n) is 12.0. The lowest BCUT2D eigenvalue weighted by atomic mass is 9.83. The molecule has 6 nitrogen and oxygen atoms in total. The molecule has 0 aliphatic heterocycles. The van der Waals surface area contributed by atoms with Gasteiger partial charge in [-0.25, -0.2) is 18.4 Å². The zero-order valence-corrected chi connectivity index (χ0v) is 21.9. The lowest BCUT2D eigenvalue weighted by molar-refractivity contribution is 0.281. The van der Waals surface area contributed by atoms with Crippen LogP contribution in [-0.4, -0.2) is 45.3 Å². The first-order chi connectivity index (χ1) is 16.1. The standard InChI is InChI=1S/C16H25NO2S.C11H13N3/c1-13-6-8-14(9-7-13)11-17-12-15-4-3-5-16(10-15)20(2,18)19;1-8-12-10-7-5-4-6-9(10)11(13-8)14(2)3/h3-5,10,13-14,17H,6-9,11-12H2,1-2H3;4-7H,1-3H3. The van der Waals surface area contributed by atoms with Gasteiger partial charge in [0, 0.05) is 32.3 Å². The number of fused-ring (bicyclic) bond motifs is 1. The van der Waals surface area contributed by atoms with Gasteiger partial charge in [-0.2, -0.15) is 0 Å². The van der Waals surface area contributed by atoms with E-state index in [0.29, 0.717) is 4.90 Å². The molecule has 1 aromatic heterocycles. The zero-order valence-electron chi connectivity index (χ0n) is 21.1. The summed E-state index contributed by atoms with van der Waals surface area (Å²) in [7, 11) is 0.884. The Morgan fingerprint density at radius 2 is 1.71 bits per heavy atom. The third kappa shape index (κ3) is 7.50. The van der Waals surface area contributed by atoms with Gasteiger partial charge in [0.2, 0.25) is 0 Å². The Morgan fingerprint density at radius 3 is 2.38 bits per heavy atom. The van der Waals surface area contributed by atoms with Gasteiger partial charge in [0.1, 0.15) is 11.6 Å². The number of benzene rings is 2. The SMILES string of the molecule is CC1CCC(CNCc2cccc(S(C)(=O)=O)c2)CC1.Cc1nc(N(C)C)c2ccccc2n1. The lowest BCUT2D eigenvalue weighted by Crippen LogP contribution is -2.25. The van der Waals surface area contributed by atoms with Crippen LogP contribution in [0.3, 0.4) is 0 Å². The molecule has 1 aliphatic rings. The number of hydrogen-bond acceptors (Lipinski definition) is 6. The summed E-state index contributed by atoms with van der Waals surface area (Å²) in [5, 5.41) is 4.57. The van der Waals surface area contributed by atoms with E-state index in [4.69, 9.17) is 0 Å². The molecule has 0 spiro atoms. The van der Waals surface area contributed by atoms with Crippen LogP contribution in [0.1, 0.15) is 44.0 Å². The molecule has 1 aliphatic carbocycles. The van der Waals surface area contributed by atoms with Gasteiger partial charge in [0.25, 0.3) is 0 Å². The van der Waals surface area contributed by atoms with Crippen molar-refractivity contribution < 1.29 is 8.42 Å². The zero-order chi connectivity index (χ0) is 24.7. The number of rotatable bonds is 6. The monoisotopic (exact) mass is 482 g/mol. The van der Waals surface area contributed by atoms with Crippen molar-refractivity contribution in [3.63, 3.8) is 0 Å². The van der Waals surface area contributed by atoms with Crippen LogP contribution < -0.4 is 10.2 Å². The maximum atomic E-state index is 11.5. The highest BCUT2D eigenvalue weighted by Gasteiger charge is 2.17. The Kier molecular flexibility index (Phi) is 9.03. The van der Waals surface area contributed by atoms with Crippen LogP contribution in [0.4, 0.5) is 5.82 Å². The molecule has 0 unspecified atom stereocenters. The van der Waals surface area contributed by atoms with Gasteiger partial charge in [-0.15, -0.1) is 0 Å². The highest BCUT2D eigenvalue weighted by molar-refractivity contribution is 7.90. The number of nitrogens with one attached hydrogen (secondary N) is 1. The Labute approximate surface area is 204 Å². The van der Waals surface area contributed by atoms with Crippen LogP contribution in [0, 0.1) is 18.8 Å². The first-order valence-corrected chi connectivity index (χ1v) is 13.9. The molecule has 3 aromatic rings. The largest absolute Gasteiger partial charge is 0.362 e. The summed E-state index contributed by atoms with van der Waals surface area (Å²) < 4.78 is 23.0. The number of aryl methyl sites for hydroxylation is 1. The summed E-state index contributed by atoms with van der Waals surface area (Å²) in [6.45, 7) is 6.03. The Balaban J connectivity index is 0.000000202. The molecule has 34 heavy (non-hydrogen) atoms. The van der Waals surface area contributed by atoms with Crippen LogP contribution >= 0.6 is 0 Å². The minimum absolute atomic E-state index is 0.406. The van der Waals surface area contributed by atoms with E-state index in [0.717, 1.165) is 53.0 Å². The quantitative estimate of drug-likeness (QED) is 0.532. The van der Waals surface area contributed by atoms with Gasteiger partial charge in [-0.05, 0) is 68.0 Å². The normalized spacial score (nSPS) is 18.3. The van der Waals surface area contributed by atoms with Gasteiger partial charge in [0.15, 0.2) is 9.84 Å². The van der Waals surface area contributed by atoms with E-state index in [1.807, 2.05) is 62.3 Å². The van der Waals surface area contributed by atoms with Crippen molar-refractivity contribution in [2.24, 2.45) is 11.8 Å². The fourth-order valence-electron chi connectivity index (χ4n) is 4.35. The number of nitrogens with zero attached hydrogens (tertiary/aromatic N) is 3. The van der Waals surface area contributed by atoms with Crippen molar-refractivity contribution in [1.29, 1.82) is 0 Å². The summed E-state index contributed by atoms with van der Waals surface area (Å²) in [4.78, 5) is 11.2. The summed E-state index contributed by atoms with van der Waals surface area (Å²) >= 11 is 0. The molecule has 4 rings (SSSR count). The van der Waals surface area contributed by atoms with E-state index in [1.165, 1.54) is 31.9 Å². The van der Waals surface area contributed by atoms with E-state index >= 15 is 0 Å². The van der Waals surface area contributed by atoms with Gasteiger partial charge >= 0.3 is 0 Å². The number of anilines is 1. The number of hydrogen-bond donors (Lipinski definition) is 1. The molecule has 1 saturated carbocycles. The topological polar surface area (TPSA) is 75.2 Å². The summed E-state index contributed by atoms with van der Waals surface area (Å²) in [5.41, 5.74) is 2.04. The molecule has 0 radical (unpaired) electrons. The molecular formula is C27H38N4O2S. The predicted octanol–water partition coefficient (Wildman–Crippen LogP) is 5.01. The fourth-order valence-corrected chi connectivity index (χ4v) is 5.05. The molecule has 1 fully saturated rings. The van der Waals surface area contributed by atoms with E-state index < -0.39 is 9.84 Å². The summed E-state index contributed by atoms with van der Waals surface area (Å²) in [6.07, 6.45) is 6.57. The number of sulfone groups is 1. The lowest BCUT2D eigenvalue weighted by Gasteiger charge is -2.26. The Bertz CT molecular complexity index is 1190. The second kappa shape index (κ2) is 11.8. The molecule has 0 saturated heterocycles. The van der Waals surface area contributed by atoms with E-state index in [9.17, 15) is 8.42 Å². The van der Waals surface area contributed by atoms with Crippen LogP contribution in [0.25, 0.3) is 10.9 Å². The molecule has 2 aromatic carbocycles. The van der Waals surface area contributed by atoms with Gasteiger partial charge in [0.05, 0.1) is 10.4 Å². The smallest absolute Gasteiger partial charge is 0.175 e. The molecule has 0 amide bonds. The van der Waals surface area contributed by atoms with Crippen molar-refractivity contribution in [1.82, 2.24) is 15.3 Å². The van der Waals surface area contributed by atoms with Gasteiger partial charge in [-0.3, -0.25) is 0 Å². The maximum absolute atomic E-state index is 11.5. The minimum atomic E-state index is -3.10. The second-order valence-corrected chi connectivity index (χ2v) is 11.7. The van der Waals surface area contributed by atoms with E-state index in [-0.39, 0.29) is 0 Å². The van der Waals surface area contributed by atoms with Crippen molar-refractivity contribution >= 4 is 26.6 Å². The fraction of sp³-hybridized carbons (Fsp3) is 0.481. The van der Waals surface area contributed by atoms with E-state index in [1.54, 1.807) is 12.1 Å². The van der Waals surface area contributed by atoms with Crippen molar-refractivity contribution in [3.05, 3.63) is 59.9 Å². The molecular weight excluding hydrogens is 444 g/mol. The molecule has 1 N–H and O–H groups in total. The molecule has 0 bridgehead atoms. The van der Waals surface area contributed by atoms with E-state index in [2.05, 4.69) is 22.2 Å². The number of para-hydroxylation sites is 1. The van der Waals surface area contributed by atoms with Crippen molar-refractivity contribution in [2.75, 3.05) is 31.8 Å². The van der Waals surface area contributed by atoms with Gasteiger partial charge in [-0.1, -0.05) is 44.0 Å². The minimum Gasteiger partial charge on any atom is -0.362 e. The van der Waals surface area contributed by atoms with Crippen molar-refractivity contribution in [3.8, 4) is 0 Å². The summed E-state index contributed by atoms with van der Waals surface area (Å²) in [5.74, 6) is 3.46. The molecule has 0 atom stereocenters. The average molecular weight is 483 g/mol. The molecule has 1 heterocycles. The van der Waals surface area contributed by atoms with Crippen molar-refractivity contribution in [2.45, 2.75) is 51.0 Å². The highest BCUT2D eigenvalue weighted by Crippen LogP contribution is 2.27. The van der Waals surface area contributed by atoms with Gasteiger partial charge < -0.3 is 10.2 Å². The van der Waals surface area contributed by atoms with Crippen LogP contribution in [-0.2, 0) is 16.4 Å². The average Bonchev–Trinajstić information content (AvgIpc) is 2.80. The Hall–Kier alpha value is -2.51. The third-order valence-electron chi connectivity index (χ3n) is 6.34. The summed E-state index contributed by atoms with van der Waals surface area (Å²) in [6, 6.07) is 15.3. The van der Waals surface area contributed by atoms with Crippen LogP contribution in [0.2, 0.25) is 0 Å². The predicted molar refractivity (Wildman–Crippen MR) is 141 cm³/mol. The second-order valence-electron chi connectivity index (χ2n) is 9.68. The number of aromatic nitrogens is 2. The third-order valence-corrected chi connectivity index (χ3v) is 7.45. The van der Waals surface area contributed by atoms with Crippen LogP contribution in [0.5, 0.6) is 0 Å². The molecule has 184 valence electrons. The Morgan fingerprint density at radius 1 is 1.00 bits per heavy atom. The maximum Gasteiger partial charge on any atom is 0.175 e.